The molecule has 0 spiro atoms. The summed E-state index contributed by atoms with van der Waals surface area (Å²) in [4.78, 5) is 27.9. The van der Waals surface area contributed by atoms with Crippen molar-refractivity contribution in [1.29, 1.82) is 0 Å². The third kappa shape index (κ3) is 8.50. The van der Waals surface area contributed by atoms with Gasteiger partial charge in [0.15, 0.2) is 17.2 Å². The van der Waals surface area contributed by atoms with Crippen molar-refractivity contribution in [3.8, 4) is 23.0 Å². The molecule has 0 saturated heterocycles. The molecule has 9 nitrogen and oxygen atoms in total. The Bertz CT molecular complexity index is 1140. The number of esters is 1. The largest absolute Gasteiger partial charge is 0.508 e. The summed E-state index contributed by atoms with van der Waals surface area (Å²) in [6, 6.07) is 14.3. The number of ether oxygens (including phenoxy) is 3. The molecule has 2 aromatic carbocycles. The first-order valence-electron chi connectivity index (χ1n) is 11.2. The van der Waals surface area contributed by atoms with Crippen LogP contribution in [0, 0.1) is 13.8 Å². The van der Waals surface area contributed by atoms with Crippen molar-refractivity contribution in [3.05, 3.63) is 77.1 Å². The molecule has 0 aliphatic rings. The number of aryl methyl sites for hydroxylation is 2. The van der Waals surface area contributed by atoms with E-state index in [0.717, 1.165) is 16.9 Å². The van der Waals surface area contributed by atoms with Crippen LogP contribution in [0.15, 0.2) is 54.7 Å². The van der Waals surface area contributed by atoms with Gasteiger partial charge in [0.2, 0.25) is 0 Å². The van der Waals surface area contributed by atoms with Crippen LogP contribution in [0.2, 0.25) is 0 Å². The van der Waals surface area contributed by atoms with E-state index >= 15 is 0 Å². The van der Waals surface area contributed by atoms with Crippen molar-refractivity contribution in [2.45, 2.75) is 33.3 Å². The summed E-state index contributed by atoms with van der Waals surface area (Å²) in [6.45, 7) is 5.36. The Morgan fingerprint density at radius 3 is 2.19 bits per heavy atom. The van der Waals surface area contributed by atoms with Gasteiger partial charge in [-0.05, 0) is 50.1 Å². The first kappa shape index (κ1) is 28.0. The van der Waals surface area contributed by atoms with Gasteiger partial charge in [0.05, 0.1) is 14.2 Å². The highest BCUT2D eigenvalue weighted by atomic mass is 16.5. The van der Waals surface area contributed by atoms with Gasteiger partial charge >= 0.3 is 5.97 Å². The molecule has 3 aromatic rings. The molecule has 1 amide bonds. The molecule has 0 aliphatic heterocycles. The number of aromatic hydroxyl groups is 2. The summed E-state index contributed by atoms with van der Waals surface area (Å²) in [5.74, 6) is -0.527. The first-order chi connectivity index (χ1) is 17.1. The number of benzene rings is 2. The van der Waals surface area contributed by atoms with Gasteiger partial charge in [-0.15, -0.1) is 0 Å². The molecule has 0 aliphatic carbocycles. The fourth-order valence-corrected chi connectivity index (χ4v) is 3.19. The third-order valence-electron chi connectivity index (χ3n) is 5.03. The number of hydrogen-bond acceptors (Lipinski definition) is 8. The lowest BCUT2D eigenvalue weighted by Gasteiger charge is -2.16. The molecule has 3 rings (SSSR count). The Morgan fingerprint density at radius 2 is 1.58 bits per heavy atom. The monoisotopic (exact) mass is 496 g/mol. The number of carbonyl (C=O) groups excluding carboxylic acids is 2. The van der Waals surface area contributed by atoms with E-state index in [9.17, 15) is 14.7 Å². The van der Waals surface area contributed by atoms with Crippen LogP contribution in [0.1, 0.15) is 34.1 Å². The standard InChI is InChI=1S/C20H24N2O6.C7H8O/c1-12-5-6-14(16(9-12)27-4)10-13(2)28-17(23)11-22-20(25)18-19(24)15(26-3)7-8-21-18;1-6-2-4-7(8)5-3-6/h5-9,13,24H,10-11H2,1-4H3,(H,22,25);2-5,8H,1H3. The quantitative estimate of drug-likeness (QED) is 0.403. The lowest BCUT2D eigenvalue weighted by Crippen LogP contribution is -2.33. The first-order valence-corrected chi connectivity index (χ1v) is 11.2. The summed E-state index contributed by atoms with van der Waals surface area (Å²) in [6.07, 6.45) is 1.38. The zero-order valence-electron chi connectivity index (χ0n) is 21.1. The van der Waals surface area contributed by atoms with Crippen molar-refractivity contribution < 1.29 is 34.0 Å². The molecule has 1 atom stereocenters. The lowest BCUT2D eigenvalue weighted by atomic mass is 10.1. The minimum Gasteiger partial charge on any atom is -0.508 e. The Hall–Kier alpha value is -4.27. The number of pyridine rings is 1. The van der Waals surface area contributed by atoms with Crippen LogP contribution in [0.5, 0.6) is 23.0 Å². The Morgan fingerprint density at radius 1 is 0.944 bits per heavy atom. The third-order valence-corrected chi connectivity index (χ3v) is 5.03. The second-order valence-electron chi connectivity index (χ2n) is 8.05. The van der Waals surface area contributed by atoms with Gasteiger partial charge in [-0.3, -0.25) is 9.59 Å². The van der Waals surface area contributed by atoms with Crippen LogP contribution in [0.4, 0.5) is 0 Å². The molecule has 1 unspecified atom stereocenters. The molecular formula is C27H32N2O7. The number of methoxy groups -OCH3 is 2. The van der Waals surface area contributed by atoms with Gasteiger partial charge < -0.3 is 29.7 Å². The van der Waals surface area contributed by atoms with Gasteiger partial charge in [0.1, 0.15) is 24.1 Å². The molecule has 9 heteroatoms. The maximum Gasteiger partial charge on any atom is 0.325 e. The van der Waals surface area contributed by atoms with Crippen molar-refractivity contribution in [1.82, 2.24) is 10.3 Å². The number of hydrogen-bond donors (Lipinski definition) is 3. The van der Waals surface area contributed by atoms with Crippen LogP contribution in [0.25, 0.3) is 0 Å². The van der Waals surface area contributed by atoms with Crippen molar-refractivity contribution >= 4 is 11.9 Å². The zero-order valence-corrected chi connectivity index (χ0v) is 21.1. The van der Waals surface area contributed by atoms with E-state index in [2.05, 4.69) is 10.3 Å². The molecule has 192 valence electrons. The second kappa shape index (κ2) is 13.6. The van der Waals surface area contributed by atoms with Crippen molar-refractivity contribution in [2.24, 2.45) is 0 Å². The molecule has 0 fully saturated rings. The fraction of sp³-hybridized carbons (Fsp3) is 0.296. The van der Waals surface area contributed by atoms with E-state index in [1.807, 2.05) is 44.2 Å². The average molecular weight is 497 g/mol. The zero-order chi connectivity index (χ0) is 26.7. The van der Waals surface area contributed by atoms with Gasteiger partial charge in [0, 0.05) is 18.7 Å². The van der Waals surface area contributed by atoms with E-state index < -0.39 is 23.7 Å². The maximum absolute atomic E-state index is 12.1. The Balaban J connectivity index is 0.000000482. The molecule has 1 aromatic heterocycles. The van der Waals surface area contributed by atoms with Gasteiger partial charge in [-0.25, -0.2) is 4.98 Å². The number of rotatable bonds is 8. The normalized spacial score (nSPS) is 10.9. The van der Waals surface area contributed by atoms with E-state index in [4.69, 9.17) is 19.3 Å². The number of aromatic nitrogens is 1. The van der Waals surface area contributed by atoms with Crippen LogP contribution < -0.4 is 14.8 Å². The molecule has 1 heterocycles. The summed E-state index contributed by atoms with van der Waals surface area (Å²) in [7, 11) is 2.95. The van der Waals surface area contributed by atoms with E-state index in [-0.39, 0.29) is 18.0 Å². The number of nitrogens with one attached hydrogen (secondary N) is 1. The predicted molar refractivity (Wildman–Crippen MR) is 135 cm³/mol. The summed E-state index contributed by atoms with van der Waals surface area (Å²) >= 11 is 0. The minimum absolute atomic E-state index is 0.114. The van der Waals surface area contributed by atoms with Crippen molar-refractivity contribution in [2.75, 3.05) is 20.8 Å². The highest BCUT2D eigenvalue weighted by Crippen LogP contribution is 2.27. The molecule has 0 bridgehead atoms. The molecular weight excluding hydrogens is 464 g/mol. The Labute approximate surface area is 210 Å². The molecule has 3 N–H and O–H groups in total. The minimum atomic E-state index is -0.707. The number of phenolic OH excluding ortho intramolecular Hbond substituents is 1. The van der Waals surface area contributed by atoms with E-state index in [1.165, 1.54) is 24.9 Å². The second-order valence-corrected chi connectivity index (χ2v) is 8.05. The van der Waals surface area contributed by atoms with E-state index in [1.54, 1.807) is 26.2 Å². The number of phenols is 1. The smallest absolute Gasteiger partial charge is 0.325 e. The van der Waals surface area contributed by atoms with Crippen LogP contribution in [0.3, 0.4) is 0 Å². The van der Waals surface area contributed by atoms with Gasteiger partial charge in [0.25, 0.3) is 5.91 Å². The Kier molecular flexibility index (Phi) is 10.5. The predicted octanol–water partition coefficient (Wildman–Crippen LogP) is 3.72. The highest BCUT2D eigenvalue weighted by Gasteiger charge is 2.19. The van der Waals surface area contributed by atoms with Crippen LogP contribution in [-0.2, 0) is 16.0 Å². The van der Waals surface area contributed by atoms with E-state index in [0.29, 0.717) is 12.2 Å². The fourth-order valence-electron chi connectivity index (χ4n) is 3.19. The number of carbonyl (C=O) groups is 2. The molecule has 0 saturated carbocycles. The molecule has 36 heavy (non-hydrogen) atoms. The SMILES string of the molecule is COc1cc(C)ccc1CC(C)OC(=O)CNC(=O)c1nccc(OC)c1O.Cc1ccc(O)cc1. The van der Waals surface area contributed by atoms with Crippen LogP contribution in [-0.4, -0.2) is 53.9 Å². The average Bonchev–Trinajstić information content (AvgIpc) is 2.86. The summed E-state index contributed by atoms with van der Waals surface area (Å²) in [5, 5.41) is 21.1. The number of nitrogens with zero attached hydrogens (tertiary/aromatic N) is 1. The molecule has 0 radical (unpaired) electrons. The summed E-state index contributed by atoms with van der Waals surface area (Å²) in [5.41, 5.74) is 2.93. The number of amides is 1. The van der Waals surface area contributed by atoms with Crippen LogP contribution >= 0.6 is 0 Å². The highest BCUT2D eigenvalue weighted by molar-refractivity contribution is 5.97. The lowest BCUT2D eigenvalue weighted by molar-refractivity contribution is -0.146. The van der Waals surface area contributed by atoms with Gasteiger partial charge in [-0.2, -0.15) is 0 Å². The van der Waals surface area contributed by atoms with Gasteiger partial charge in [-0.1, -0.05) is 29.8 Å². The van der Waals surface area contributed by atoms with Crippen molar-refractivity contribution in [3.63, 3.8) is 0 Å². The maximum atomic E-state index is 12.1. The topological polar surface area (TPSA) is 127 Å². The summed E-state index contributed by atoms with van der Waals surface area (Å²) < 4.78 is 15.6.